The highest BCUT2D eigenvalue weighted by Crippen LogP contribution is 2.12. The predicted octanol–water partition coefficient (Wildman–Crippen LogP) is 3.18. The van der Waals surface area contributed by atoms with Gasteiger partial charge in [-0.25, -0.2) is 0 Å². The number of ether oxygens (including phenoxy) is 1. The number of rotatable bonds is 6. The minimum atomic E-state index is -0.0883. The van der Waals surface area contributed by atoms with Crippen molar-refractivity contribution >= 4 is 17.2 Å². The Morgan fingerprint density at radius 2 is 2.05 bits per heavy atom. The number of amides is 1. The zero-order valence-corrected chi connectivity index (χ0v) is 12.6. The van der Waals surface area contributed by atoms with E-state index in [1.165, 1.54) is 10.4 Å². The molecule has 0 aliphatic heterocycles. The molecule has 0 bridgehead atoms. The third kappa shape index (κ3) is 4.70. The predicted molar refractivity (Wildman–Crippen MR) is 82.3 cm³/mol. The van der Waals surface area contributed by atoms with E-state index < -0.39 is 0 Å². The van der Waals surface area contributed by atoms with Gasteiger partial charge >= 0.3 is 0 Å². The second-order valence-corrected chi connectivity index (χ2v) is 5.89. The quantitative estimate of drug-likeness (QED) is 0.887. The topological polar surface area (TPSA) is 38.3 Å². The molecule has 0 fully saturated rings. The van der Waals surface area contributed by atoms with Gasteiger partial charge in [-0.1, -0.05) is 23.8 Å². The summed E-state index contributed by atoms with van der Waals surface area (Å²) in [7, 11) is 0. The van der Waals surface area contributed by atoms with Crippen LogP contribution in [0.2, 0.25) is 0 Å². The van der Waals surface area contributed by atoms with E-state index in [0.717, 1.165) is 12.2 Å². The Balaban J connectivity index is 1.73. The third-order valence-corrected chi connectivity index (χ3v) is 3.78. The van der Waals surface area contributed by atoms with Crippen LogP contribution in [0, 0.1) is 6.92 Å². The lowest BCUT2D eigenvalue weighted by Crippen LogP contribution is -2.37. The standard InChI is InChI=1S/C16H19NO2S/c1-12-5-7-14(8-6-12)19-11-16(18)17-13(2)10-15-4-3-9-20-15/h3-9,13H,10-11H2,1-2H3,(H,17,18). The minimum Gasteiger partial charge on any atom is -0.484 e. The number of carbonyl (C=O) groups is 1. The molecule has 1 amide bonds. The minimum absolute atomic E-state index is 0.0534. The van der Waals surface area contributed by atoms with E-state index in [0.29, 0.717) is 0 Å². The van der Waals surface area contributed by atoms with Gasteiger partial charge in [0.15, 0.2) is 6.61 Å². The molecular formula is C16H19NO2S. The van der Waals surface area contributed by atoms with Crippen molar-refractivity contribution < 1.29 is 9.53 Å². The lowest BCUT2D eigenvalue weighted by Gasteiger charge is -2.13. The maximum absolute atomic E-state index is 11.8. The Kier molecular flexibility index (Phi) is 5.18. The molecule has 106 valence electrons. The molecule has 0 spiro atoms. The number of nitrogens with one attached hydrogen (secondary N) is 1. The number of hydrogen-bond donors (Lipinski definition) is 1. The van der Waals surface area contributed by atoms with E-state index in [1.54, 1.807) is 11.3 Å². The first kappa shape index (κ1) is 14.6. The fraction of sp³-hybridized carbons (Fsp3) is 0.312. The van der Waals surface area contributed by atoms with Gasteiger partial charge in [-0.05, 0) is 37.4 Å². The summed E-state index contributed by atoms with van der Waals surface area (Å²) in [5.74, 6) is 0.631. The molecule has 1 N–H and O–H groups in total. The van der Waals surface area contributed by atoms with Crippen LogP contribution < -0.4 is 10.1 Å². The van der Waals surface area contributed by atoms with Gasteiger partial charge < -0.3 is 10.1 Å². The van der Waals surface area contributed by atoms with Crippen molar-refractivity contribution in [3.63, 3.8) is 0 Å². The summed E-state index contributed by atoms with van der Waals surface area (Å²) in [5, 5.41) is 4.99. The van der Waals surface area contributed by atoms with Crippen LogP contribution in [0.15, 0.2) is 41.8 Å². The Morgan fingerprint density at radius 1 is 1.30 bits per heavy atom. The van der Waals surface area contributed by atoms with Crippen LogP contribution in [0.3, 0.4) is 0 Å². The van der Waals surface area contributed by atoms with Gasteiger partial charge in [0.05, 0.1) is 0 Å². The van der Waals surface area contributed by atoms with Crippen LogP contribution in [-0.4, -0.2) is 18.6 Å². The summed E-state index contributed by atoms with van der Waals surface area (Å²) in [6.07, 6.45) is 0.855. The molecule has 4 heteroatoms. The first-order valence-electron chi connectivity index (χ1n) is 6.64. The molecule has 0 saturated carbocycles. The van der Waals surface area contributed by atoms with Gasteiger partial charge in [-0.2, -0.15) is 0 Å². The molecule has 1 aromatic heterocycles. The van der Waals surface area contributed by atoms with E-state index in [2.05, 4.69) is 11.4 Å². The van der Waals surface area contributed by atoms with E-state index in [4.69, 9.17) is 4.74 Å². The molecule has 0 saturated heterocycles. The van der Waals surface area contributed by atoms with Crippen LogP contribution >= 0.6 is 11.3 Å². The molecule has 1 aromatic carbocycles. The number of aryl methyl sites for hydroxylation is 1. The summed E-state index contributed by atoms with van der Waals surface area (Å²) in [6.45, 7) is 4.07. The Bertz CT molecular complexity index is 534. The lowest BCUT2D eigenvalue weighted by molar-refractivity contribution is -0.123. The van der Waals surface area contributed by atoms with E-state index in [1.807, 2.05) is 49.6 Å². The highest BCUT2D eigenvalue weighted by Gasteiger charge is 2.09. The molecule has 1 unspecified atom stereocenters. The first-order valence-corrected chi connectivity index (χ1v) is 7.52. The molecule has 2 aromatic rings. The van der Waals surface area contributed by atoms with Crippen LogP contribution in [0.4, 0.5) is 0 Å². The molecule has 2 rings (SSSR count). The summed E-state index contributed by atoms with van der Waals surface area (Å²) in [5.41, 5.74) is 1.17. The van der Waals surface area contributed by atoms with Crippen LogP contribution in [0.25, 0.3) is 0 Å². The van der Waals surface area contributed by atoms with Crippen molar-refractivity contribution in [3.05, 3.63) is 52.2 Å². The zero-order valence-electron chi connectivity index (χ0n) is 11.8. The van der Waals surface area contributed by atoms with Crippen molar-refractivity contribution in [1.29, 1.82) is 0 Å². The van der Waals surface area contributed by atoms with Crippen molar-refractivity contribution in [3.8, 4) is 5.75 Å². The first-order chi connectivity index (χ1) is 9.63. The van der Waals surface area contributed by atoms with Crippen molar-refractivity contribution in [2.24, 2.45) is 0 Å². The number of carbonyl (C=O) groups excluding carboxylic acids is 1. The SMILES string of the molecule is Cc1ccc(OCC(=O)NC(C)Cc2cccs2)cc1. The van der Waals surface area contributed by atoms with Crippen LogP contribution in [0.5, 0.6) is 5.75 Å². The second kappa shape index (κ2) is 7.10. The maximum atomic E-state index is 11.8. The van der Waals surface area contributed by atoms with Gasteiger partial charge in [-0.3, -0.25) is 4.79 Å². The molecular weight excluding hydrogens is 270 g/mol. The van der Waals surface area contributed by atoms with Gasteiger partial charge in [0.1, 0.15) is 5.75 Å². The Hall–Kier alpha value is -1.81. The molecule has 3 nitrogen and oxygen atoms in total. The third-order valence-electron chi connectivity index (χ3n) is 2.89. The average Bonchev–Trinajstić information content (AvgIpc) is 2.90. The zero-order chi connectivity index (χ0) is 14.4. The fourth-order valence-electron chi connectivity index (χ4n) is 1.88. The number of benzene rings is 1. The molecule has 0 radical (unpaired) electrons. The highest BCUT2D eigenvalue weighted by molar-refractivity contribution is 7.09. The van der Waals surface area contributed by atoms with Gasteiger partial charge in [-0.15, -0.1) is 11.3 Å². The second-order valence-electron chi connectivity index (χ2n) is 4.85. The number of hydrogen-bond acceptors (Lipinski definition) is 3. The molecule has 20 heavy (non-hydrogen) atoms. The smallest absolute Gasteiger partial charge is 0.258 e. The summed E-state index contributed by atoms with van der Waals surface area (Å²) < 4.78 is 5.45. The lowest BCUT2D eigenvalue weighted by atomic mass is 10.2. The summed E-state index contributed by atoms with van der Waals surface area (Å²) >= 11 is 1.71. The normalized spacial score (nSPS) is 11.9. The van der Waals surface area contributed by atoms with Crippen LogP contribution in [-0.2, 0) is 11.2 Å². The average molecular weight is 289 g/mol. The molecule has 1 heterocycles. The molecule has 0 aliphatic rings. The van der Waals surface area contributed by atoms with E-state index in [9.17, 15) is 4.79 Å². The van der Waals surface area contributed by atoms with Gasteiger partial charge in [0, 0.05) is 17.3 Å². The Morgan fingerprint density at radius 3 is 2.70 bits per heavy atom. The van der Waals surface area contributed by atoms with Gasteiger partial charge in [0.25, 0.3) is 5.91 Å². The monoisotopic (exact) mass is 289 g/mol. The van der Waals surface area contributed by atoms with Crippen molar-refractivity contribution in [1.82, 2.24) is 5.32 Å². The fourth-order valence-corrected chi connectivity index (χ4v) is 2.72. The summed E-state index contributed by atoms with van der Waals surface area (Å²) in [4.78, 5) is 13.1. The summed E-state index contributed by atoms with van der Waals surface area (Å²) in [6, 6.07) is 11.9. The van der Waals surface area contributed by atoms with Crippen molar-refractivity contribution in [2.45, 2.75) is 26.3 Å². The highest BCUT2D eigenvalue weighted by atomic mass is 32.1. The van der Waals surface area contributed by atoms with Crippen molar-refractivity contribution in [2.75, 3.05) is 6.61 Å². The van der Waals surface area contributed by atoms with E-state index >= 15 is 0 Å². The molecule has 0 aliphatic carbocycles. The van der Waals surface area contributed by atoms with Gasteiger partial charge in [0.2, 0.25) is 0 Å². The number of thiophene rings is 1. The van der Waals surface area contributed by atoms with E-state index in [-0.39, 0.29) is 18.6 Å². The largest absolute Gasteiger partial charge is 0.484 e. The Labute approximate surface area is 123 Å². The van der Waals surface area contributed by atoms with Crippen LogP contribution in [0.1, 0.15) is 17.4 Å². The molecule has 1 atom stereocenters. The maximum Gasteiger partial charge on any atom is 0.258 e.